The van der Waals surface area contributed by atoms with E-state index in [1.165, 1.54) is 0 Å². The SMILES string of the molecule is CN(C)C(=O)C1C2NC(=S)N(c3cccc(Br)c3)C1(C)Oc1ccc(Br)cc12. The Labute approximate surface area is 186 Å². The molecule has 0 aromatic heterocycles. The number of thiocarbonyl (C=S) groups is 1. The number of carbonyl (C=O) groups is 1. The van der Waals surface area contributed by atoms with Crippen LogP contribution in [0.5, 0.6) is 5.75 Å². The summed E-state index contributed by atoms with van der Waals surface area (Å²) < 4.78 is 8.37. The van der Waals surface area contributed by atoms with Crippen LogP contribution < -0.4 is 15.0 Å². The predicted octanol–water partition coefficient (Wildman–Crippen LogP) is 4.46. The third kappa shape index (κ3) is 3.02. The van der Waals surface area contributed by atoms with Crippen LogP contribution in [0.1, 0.15) is 18.5 Å². The van der Waals surface area contributed by atoms with Crippen molar-refractivity contribution < 1.29 is 9.53 Å². The fraction of sp³-hybridized carbons (Fsp3) is 0.300. The van der Waals surface area contributed by atoms with Crippen molar-refractivity contribution in [3.8, 4) is 5.75 Å². The van der Waals surface area contributed by atoms with Gasteiger partial charge in [0.15, 0.2) is 10.8 Å². The first-order valence-corrected chi connectivity index (χ1v) is 10.8. The lowest BCUT2D eigenvalue weighted by Crippen LogP contribution is -2.72. The van der Waals surface area contributed by atoms with Crippen LogP contribution in [0.25, 0.3) is 0 Å². The molecule has 146 valence electrons. The maximum atomic E-state index is 13.3. The Kier molecular flexibility index (Phi) is 4.92. The van der Waals surface area contributed by atoms with Crippen LogP contribution in [0.2, 0.25) is 0 Å². The van der Waals surface area contributed by atoms with Crippen molar-refractivity contribution in [3.63, 3.8) is 0 Å². The van der Waals surface area contributed by atoms with Crippen LogP contribution in [0.3, 0.4) is 0 Å². The maximum Gasteiger partial charge on any atom is 0.233 e. The smallest absolute Gasteiger partial charge is 0.233 e. The number of ether oxygens (including phenoxy) is 1. The zero-order valence-electron chi connectivity index (χ0n) is 15.6. The zero-order valence-corrected chi connectivity index (χ0v) is 19.6. The minimum absolute atomic E-state index is 0.0203. The highest BCUT2D eigenvalue weighted by atomic mass is 79.9. The number of carbonyl (C=O) groups excluding carboxylic acids is 1. The summed E-state index contributed by atoms with van der Waals surface area (Å²) in [6.07, 6.45) is 0. The van der Waals surface area contributed by atoms with E-state index in [-0.39, 0.29) is 11.9 Å². The summed E-state index contributed by atoms with van der Waals surface area (Å²) in [7, 11) is 3.53. The number of hydrogen-bond acceptors (Lipinski definition) is 3. The van der Waals surface area contributed by atoms with Crippen LogP contribution in [0.4, 0.5) is 5.69 Å². The van der Waals surface area contributed by atoms with E-state index in [0.29, 0.717) is 5.11 Å². The molecule has 28 heavy (non-hydrogen) atoms. The molecular weight excluding hydrogens is 506 g/mol. The second kappa shape index (κ2) is 7.00. The summed E-state index contributed by atoms with van der Waals surface area (Å²) in [5.74, 6) is 0.233. The van der Waals surface area contributed by atoms with Gasteiger partial charge in [-0.05, 0) is 55.5 Å². The monoisotopic (exact) mass is 523 g/mol. The Morgan fingerprint density at radius 1 is 1.21 bits per heavy atom. The number of nitrogens with zero attached hydrogens (tertiary/aromatic N) is 2. The highest BCUT2D eigenvalue weighted by Gasteiger charge is 2.59. The summed E-state index contributed by atoms with van der Waals surface area (Å²) in [5, 5.41) is 3.93. The number of fused-ring (bicyclic) bond motifs is 4. The number of hydrogen-bond donors (Lipinski definition) is 1. The van der Waals surface area contributed by atoms with Gasteiger partial charge in [0, 0.05) is 34.3 Å². The van der Waals surface area contributed by atoms with E-state index in [1.54, 1.807) is 19.0 Å². The van der Waals surface area contributed by atoms with Crippen LogP contribution in [-0.4, -0.2) is 35.7 Å². The van der Waals surface area contributed by atoms with Crippen molar-refractivity contribution >= 4 is 60.8 Å². The largest absolute Gasteiger partial charge is 0.467 e. The Morgan fingerprint density at radius 3 is 2.61 bits per heavy atom. The second-order valence-corrected chi connectivity index (χ2v) is 9.51. The van der Waals surface area contributed by atoms with Crippen LogP contribution in [0, 0.1) is 5.92 Å². The van der Waals surface area contributed by atoms with Crippen LogP contribution in [0.15, 0.2) is 51.4 Å². The molecule has 2 aromatic carbocycles. The fourth-order valence-electron chi connectivity index (χ4n) is 4.01. The van der Waals surface area contributed by atoms with Gasteiger partial charge in [-0.3, -0.25) is 9.69 Å². The molecule has 2 aliphatic rings. The highest BCUT2D eigenvalue weighted by Crippen LogP contribution is 2.50. The highest BCUT2D eigenvalue weighted by molar-refractivity contribution is 9.10. The van der Waals surface area contributed by atoms with Gasteiger partial charge in [0.2, 0.25) is 5.91 Å². The number of nitrogens with one attached hydrogen (secondary N) is 1. The first-order chi connectivity index (χ1) is 13.2. The molecule has 2 aromatic rings. The van der Waals surface area contributed by atoms with Gasteiger partial charge in [-0.2, -0.15) is 0 Å². The normalized spacial score (nSPS) is 25.5. The first-order valence-electron chi connectivity index (χ1n) is 8.78. The lowest BCUT2D eigenvalue weighted by Gasteiger charge is -2.56. The van der Waals surface area contributed by atoms with E-state index < -0.39 is 11.6 Å². The Hall–Kier alpha value is -1.64. The molecule has 0 spiro atoms. The molecule has 5 nitrogen and oxygen atoms in total. The van der Waals surface area contributed by atoms with Gasteiger partial charge in [-0.1, -0.05) is 37.9 Å². The van der Waals surface area contributed by atoms with Gasteiger partial charge in [0.1, 0.15) is 11.7 Å². The average Bonchev–Trinajstić information content (AvgIpc) is 2.61. The van der Waals surface area contributed by atoms with Gasteiger partial charge in [0.25, 0.3) is 0 Å². The van der Waals surface area contributed by atoms with Crippen molar-refractivity contribution in [2.24, 2.45) is 5.92 Å². The molecule has 1 amide bonds. The molecule has 1 N–H and O–H groups in total. The van der Waals surface area contributed by atoms with Crippen LogP contribution in [-0.2, 0) is 4.79 Å². The first kappa shape index (κ1) is 19.7. The van der Waals surface area contributed by atoms with Gasteiger partial charge in [-0.15, -0.1) is 0 Å². The summed E-state index contributed by atoms with van der Waals surface area (Å²) >= 11 is 12.8. The van der Waals surface area contributed by atoms with Crippen molar-refractivity contribution in [3.05, 3.63) is 57.0 Å². The number of halogens is 2. The summed E-state index contributed by atoms with van der Waals surface area (Å²) in [6.45, 7) is 1.94. The van der Waals surface area contributed by atoms with Crippen molar-refractivity contribution in [2.45, 2.75) is 18.7 Å². The third-order valence-electron chi connectivity index (χ3n) is 5.23. The van der Waals surface area contributed by atoms with Gasteiger partial charge >= 0.3 is 0 Å². The molecule has 1 saturated heterocycles. The topological polar surface area (TPSA) is 44.8 Å². The van der Waals surface area contributed by atoms with E-state index in [4.69, 9.17) is 17.0 Å². The van der Waals surface area contributed by atoms with Gasteiger partial charge in [-0.25, -0.2) is 0 Å². The molecular formula is C20H19Br2N3O2S. The molecule has 4 rings (SSSR count). The van der Waals surface area contributed by atoms with E-state index in [2.05, 4.69) is 37.2 Å². The van der Waals surface area contributed by atoms with Crippen molar-refractivity contribution in [1.29, 1.82) is 0 Å². The van der Waals surface area contributed by atoms with Gasteiger partial charge < -0.3 is 15.0 Å². The molecule has 3 unspecified atom stereocenters. The Balaban J connectivity index is 1.93. The zero-order chi connectivity index (χ0) is 20.2. The molecule has 0 aliphatic carbocycles. The quantitative estimate of drug-likeness (QED) is 0.587. The standard InChI is InChI=1S/C20H19Br2N3O2S/c1-20-16(18(26)24(2)3)17(14-10-12(22)7-8-15(14)27-20)23-19(28)25(20)13-6-4-5-11(21)9-13/h4-10,16-17H,1-3H3,(H,23,28). The molecule has 2 aliphatic heterocycles. The summed E-state index contributed by atoms with van der Waals surface area (Å²) in [6, 6.07) is 13.4. The van der Waals surface area contributed by atoms with E-state index in [9.17, 15) is 4.79 Å². The lowest BCUT2D eigenvalue weighted by molar-refractivity contribution is -0.144. The number of rotatable bonds is 2. The molecule has 2 heterocycles. The van der Waals surface area contributed by atoms with E-state index in [0.717, 1.165) is 25.9 Å². The van der Waals surface area contributed by atoms with Crippen LogP contribution >= 0.6 is 44.1 Å². The van der Waals surface area contributed by atoms with Gasteiger partial charge in [0.05, 0.1) is 6.04 Å². The van der Waals surface area contributed by atoms with Crippen molar-refractivity contribution in [2.75, 3.05) is 19.0 Å². The summed E-state index contributed by atoms with van der Waals surface area (Å²) in [4.78, 5) is 16.8. The average molecular weight is 525 g/mol. The second-order valence-electron chi connectivity index (χ2n) is 7.29. The molecule has 0 saturated carbocycles. The molecule has 8 heteroatoms. The number of anilines is 1. The third-order valence-corrected chi connectivity index (χ3v) is 6.52. The fourth-order valence-corrected chi connectivity index (χ4v) is 5.19. The summed E-state index contributed by atoms with van der Waals surface area (Å²) in [5.41, 5.74) is 0.795. The Morgan fingerprint density at radius 2 is 1.93 bits per heavy atom. The van der Waals surface area contributed by atoms with E-state index in [1.807, 2.05) is 54.3 Å². The predicted molar refractivity (Wildman–Crippen MR) is 120 cm³/mol. The van der Waals surface area contributed by atoms with Crippen molar-refractivity contribution in [1.82, 2.24) is 10.2 Å². The van der Waals surface area contributed by atoms with E-state index >= 15 is 0 Å². The maximum absolute atomic E-state index is 13.3. The minimum atomic E-state index is -0.976. The molecule has 1 fully saturated rings. The molecule has 3 atom stereocenters. The minimum Gasteiger partial charge on any atom is -0.467 e. The Bertz CT molecular complexity index is 984. The number of amides is 1. The molecule has 0 radical (unpaired) electrons. The molecule has 2 bridgehead atoms. The lowest BCUT2D eigenvalue weighted by atomic mass is 9.78. The number of benzene rings is 2.